The van der Waals surface area contributed by atoms with Crippen molar-refractivity contribution in [2.75, 3.05) is 0 Å². The SMILES string of the molecule is Cc1ccnc(-c2cc(CCc3c4ccccc4cc4ccccc34)ccn2)c1. The van der Waals surface area contributed by atoms with Crippen LogP contribution in [0.1, 0.15) is 16.7 Å². The van der Waals surface area contributed by atoms with Gasteiger partial charge in [0.25, 0.3) is 0 Å². The fourth-order valence-electron chi connectivity index (χ4n) is 4.09. The van der Waals surface area contributed by atoms with Crippen LogP contribution in [0.3, 0.4) is 0 Å². The maximum atomic E-state index is 4.54. The first-order chi connectivity index (χ1) is 14.3. The molecule has 0 saturated heterocycles. The molecule has 0 fully saturated rings. The van der Waals surface area contributed by atoms with Crippen LogP contribution >= 0.6 is 0 Å². The lowest BCUT2D eigenvalue weighted by Crippen LogP contribution is -1.96. The number of hydrogen-bond acceptors (Lipinski definition) is 2. The summed E-state index contributed by atoms with van der Waals surface area (Å²) in [7, 11) is 0. The first kappa shape index (κ1) is 17.6. The van der Waals surface area contributed by atoms with Crippen LogP contribution in [0.5, 0.6) is 0 Å². The number of fused-ring (bicyclic) bond motifs is 2. The van der Waals surface area contributed by atoms with E-state index >= 15 is 0 Å². The highest BCUT2D eigenvalue weighted by atomic mass is 14.8. The summed E-state index contributed by atoms with van der Waals surface area (Å²) in [5, 5.41) is 5.31. The highest BCUT2D eigenvalue weighted by Crippen LogP contribution is 2.29. The van der Waals surface area contributed by atoms with Crippen molar-refractivity contribution in [2.24, 2.45) is 0 Å². The third-order valence-corrected chi connectivity index (χ3v) is 5.55. The van der Waals surface area contributed by atoms with Gasteiger partial charge in [-0.1, -0.05) is 48.5 Å². The normalized spacial score (nSPS) is 11.2. The molecule has 2 aromatic heterocycles. The first-order valence-electron chi connectivity index (χ1n) is 10.1. The van der Waals surface area contributed by atoms with Crippen molar-refractivity contribution in [3.63, 3.8) is 0 Å². The van der Waals surface area contributed by atoms with Gasteiger partial charge in [0, 0.05) is 12.4 Å². The van der Waals surface area contributed by atoms with Crippen molar-refractivity contribution < 1.29 is 0 Å². The van der Waals surface area contributed by atoms with Crippen molar-refractivity contribution in [2.45, 2.75) is 19.8 Å². The van der Waals surface area contributed by atoms with Gasteiger partial charge in [-0.25, -0.2) is 0 Å². The monoisotopic (exact) mass is 374 g/mol. The molecule has 5 aromatic rings. The molecule has 2 heteroatoms. The molecule has 0 aliphatic carbocycles. The van der Waals surface area contributed by atoms with Crippen LogP contribution in [0.4, 0.5) is 0 Å². The molecule has 0 atom stereocenters. The van der Waals surface area contributed by atoms with Crippen molar-refractivity contribution in [1.82, 2.24) is 9.97 Å². The number of aromatic nitrogens is 2. The van der Waals surface area contributed by atoms with E-state index in [0.717, 1.165) is 24.2 Å². The Kier molecular flexibility index (Phi) is 4.53. The molecule has 3 aromatic carbocycles. The predicted octanol–water partition coefficient (Wildman–Crippen LogP) is 6.54. The number of nitrogens with zero attached hydrogens (tertiary/aromatic N) is 2. The highest BCUT2D eigenvalue weighted by molar-refractivity contribution is 6.02. The van der Waals surface area contributed by atoms with E-state index in [-0.39, 0.29) is 0 Å². The van der Waals surface area contributed by atoms with Crippen molar-refractivity contribution in [1.29, 1.82) is 0 Å². The van der Waals surface area contributed by atoms with E-state index < -0.39 is 0 Å². The van der Waals surface area contributed by atoms with Crippen LogP contribution in [0.25, 0.3) is 32.9 Å². The summed E-state index contributed by atoms with van der Waals surface area (Å²) in [6, 6.07) is 28.1. The van der Waals surface area contributed by atoms with Gasteiger partial charge in [0.2, 0.25) is 0 Å². The quantitative estimate of drug-likeness (QED) is 0.334. The third kappa shape index (κ3) is 3.50. The summed E-state index contributed by atoms with van der Waals surface area (Å²) < 4.78 is 0. The van der Waals surface area contributed by atoms with E-state index in [2.05, 4.69) is 89.7 Å². The first-order valence-corrected chi connectivity index (χ1v) is 10.1. The highest BCUT2D eigenvalue weighted by Gasteiger charge is 2.09. The Hall–Kier alpha value is -3.52. The van der Waals surface area contributed by atoms with E-state index in [1.54, 1.807) is 0 Å². The summed E-state index contributed by atoms with van der Waals surface area (Å²) in [6.45, 7) is 2.08. The lowest BCUT2D eigenvalue weighted by Gasteiger charge is -2.12. The maximum absolute atomic E-state index is 4.54. The minimum absolute atomic E-state index is 0.933. The van der Waals surface area contributed by atoms with Crippen LogP contribution in [0, 0.1) is 6.92 Å². The van der Waals surface area contributed by atoms with Gasteiger partial charge in [0.05, 0.1) is 11.4 Å². The zero-order valence-electron chi connectivity index (χ0n) is 16.5. The van der Waals surface area contributed by atoms with E-state index in [9.17, 15) is 0 Å². The lowest BCUT2D eigenvalue weighted by molar-refractivity contribution is 0.971. The molecule has 0 amide bonds. The van der Waals surface area contributed by atoms with Gasteiger partial charge in [-0.15, -0.1) is 0 Å². The molecule has 0 unspecified atom stereocenters. The molecule has 0 aliphatic heterocycles. The maximum Gasteiger partial charge on any atom is 0.0888 e. The van der Waals surface area contributed by atoms with Crippen molar-refractivity contribution in [3.05, 3.63) is 108 Å². The number of aryl methyl sites for hydroxylation is 3. The van der Waals surface area contributed by atoms with E-state index in [1.165, 1.54) is 38.2 Å². The Balaban J connectivity index is 1.52. The second-order valence-corrected chi connectivity index (χ2v) is 7.57. The third-order valence-electron chi connectivity index (χ3n) is 5.55. The average Bonchev–Trinajstić information content (AvgIpc) is 2.77. The molecule has 5 rings (SSSR count). The van der Waals surface area contributed by atoms with Crippen LogP contribution in [0.2, 0.25) is 0 Å². The molecule has 0 aliphatic rings. The standard InChI is InChI=1S/C27H22N2/c1-19-12-14-28-26(16-19)27-17-20(13-15-29-27)10-11-25-23-8-4-2-6-21(23)18-22-7-3-5-9-24(22)25/h2-9,12-18H,10-11H2,1H3. The van der Waals surface area contributed by atoms with Gasteiger partial charge in [-0.3, -0.25) is 9.97 Å². The number of pyridine rings is 2. The summed E-state index contributed by atoms with van der Waals surface area (Å²) >= 11 is 0. The van der Waals surface area contributed by atoms with Crippen LogP contribution in [-0.2, 0) is 12.8 Å². The minimum atomic E-state index is 0.933. The van der Waals surface area contributed by atoms with Gasteiger partial charge in [-0.05, 0) is 88.3 Å². The topological polar surface area (TPSA) is 25.8 Å². The van der Waals surface area contributed by atoms with Crippen LogP contribution < -0.4 is 0 Å². The molecule has 0 bridgehead atoms. The Morgan fingerprint density at radius 1 is 0.621 bits per heavy atom. The smallest absolute Gasteiger partial charge is 0.0888 e. The van der Waals surface area contributed by atoms with Gasteiger partial charge < -0.3 is 0 Å². The molecular formula is C27H22N2. The number of hydrogen-bond donors (Lipinski definition) is 0. The van der Waals surface area contributed by atoms with Crippen LogP contribution in [-0.4, -0.2) is 9.97 Å². The Labute approximate surface area is 170 Å². The van der Waals surface area contributed by atoms with Crippen LogP contribution in [0.15, 0.2) is 91.3 Å². The van der Waals surface area contributed by atoms with E-state index in [1.807, 2.05) is 18.5 Å². The van der Waals surface area contributed by atoms with E-state index in [4.69, 9.17) is 0 Å². The predicted molar refractivity (Wildman–Crippen MR) is 121 cm³/mol. The largest absolute Gasteiger partial charge is 0.255 e. The molecule has 0 saturated carbocycles. The van der Waals surface area contributed by atoms with E-state index in [0.29, 0.717) is 0 Å². The second-order valence-electron chi connectivity index (χ2n) is 7.57. The van der Waals surface area contributed by atoms with Gasteiger partial charge in [0.15, 0.2) is 0 Å². The summed E-state index contributed by atoms with van der Waals surface area (Å²) in [4.78, 5) is 9.03. The summed E-state index contributed by atoms with van der Waals surface area (Å²) in [5.74, 6) is 0. The Morgan fingerprint density at radius 3 is 1.93 bits per heavy atom. The van der Waals surface area contributed by atoms with Gasteiger partial charge in [-0.2, -0.15) is 0 Å². The molecule has 0 N–H and O–H groups in total. The van der Waals surface area contributed by atoms with Crippen molar-refractivity contribution in [3.8, 4) is 11.4 Å². The fraction of sp³-hybridized carbons (Fsp3) is 0.111. The molecule has 2 nitrogen and oxygen atoms in total. The molecule has 140 valence electrons. The fourth-order valence-corrected chi connectivity index (χ4v) is 4.09. The van der Waals surface area contributed by atoms with Gasteiger partial charge >= 0.3 is 0 Å². The van der Waals surface area contributed by atoms with Gasteiger partial charge in [0.1, 0.15) is 0 Å². The van der Waals surface area contributed by atoms with Crippen molar-refractivity contribution >= 4 is 21.5 Å². The number of benzene rings is 3. The lowest BCUT2D eigenvalue weighted by atomic mass is 9.93. The molecule has 0 radical (unpaired) electrons. The Morgan fingerprint density at radius 2 is 1.24 bits per heavy atom. The average molecular weight is 374 g/mol. The zero-order chi connectivity index (χ0) is 19.6. The second kappa shape index (κ2) is 7.48. The number of rotatable bonds is 4. The molecule has 2 heterocycles. The molecule has 29 heavy (non-hydrogen) atoms. The minimum Gasteiger partial charge on any atom is -0.255 e. The molecular weight excluding hydrogens is 352 g/mol. The summed E-state index contributed by atoms with van der Waals surface area (Å²) in [6.07, 6.45) is 5.71. The summed E-state index contributed by atoms with van der Waals surface area (Å²) in [5.41, 5.74) is 5.78. The zero-order valence-corrected chi connectivity index (χ0v) is 16.5. The Bertz CT molecular complexity index is 1270. The molecule has 0 spiro atoms.